The van der Waals surface area contributed by atoms with Gasteiger partial charge in [0.05, 0.1) is 27.4 Å². The highest BCUT2D eigenvalue weighted by atomic mass is 127. The highest BCUT2D eigenvalue weighted by molar-refractivity contribution is 14.1. The smallest absolute Gasteiger partial charge is 0.363 e. The average molecular weight is 512 g/mol. The largest absolute Gasteiger partial charge is 0.493 e. The number of hydrogen-bond donors (Lipinski definition) is 0. The van der Waals surface area contributed by atoms with Crippen molar-refractivity contribution in [2.75, 3.05) is 7.11 Å². The molecular formula is C21H19ClINO4. The van der Waals surface area contributed by atoms with Gasteiger partial charge in [-0.1, -0.05) is 30.7 Å². The number of hydrogen-bond acceptors (Lipinski definition) is 5. The van der Waals surface area contributed by atoms with Crippen LogP contribution in [0.5, 0.6) is 11.5 Å². The Balaban J connectivity index is 1.96. The van der Waals surface area contributed by atoms with E-state index in [0.717, 1.165) is 15.6 Å². The van der Waals surface area contributed by atoms with E-state index in [-0.39, 0.29) is 17.7 Å². The maximum atomic E-state index is 12.3. The van der Waals surface area contributed by atoms with Gasteiger partial charge in [0.25, 0.3) is 0 Å². The van der Waals surface area contributed by atoms with E-state index in [1.165, 1.54) is 0 Å². The van der Waals surface area contributed by atoms with E-state index in [0.29, 0.717) is 22.1 Å². The topological polar surface area (TPSA) is 57.1 Å². The fraction of sp³-hybridized carbons (Fsp3) is 0.238. The number of halogens is 2. The van der Waals surface area contributed by atoms with E-state index in [1.54, 1.807) is 31.4 Å². The van der Waals surface area contributed by atoms with Crippen molar-refractivity contribution in [1.82, 2.24) is 0 Å². The van der Waals surface area contributed by atoms with E-state index in [9.17, 15) is 4.79 Å². The SMILES string of the molecule is CCC(C)Oc1c(I)cc(/C=C2\N=C(c3ccccc3Cl)OC2=O)cc1OC. The summed E-state index contributed by atoms with van der Waals surface area (Å²) in [6, 6.07) is 10.8. The first kappa shape index (κ1) is 20.7. The van der Waals surface area contributed by atoms with Gasteiger partial charge in [-0.3, -0.25) is 0 Å². The summed E-state index contributed by atoms with van der Waals surface area (Å²) in [5, 5.41) is 0.470. The van der Waals surface area contributed by atoms with Crippen molar-refractivity contribution < 1.29 is 19.0 Å². The van der Waals surface area contributed by atoms with Gasteiger partial charge in [0.2, 0.25) is 5.90 Å². The molecule has 3 rings (SSSR count). The molecule has 1 aliphatic heterocycles. The Kier molecular flexibility index (Phi) is 6.61. The van der Waals surface area contributed by atoms with Crippen LogP contribution in [0.25, 0.3) is 6.08 Å². The first-order valence-electron chi connectivity index (χ1n) is 8.74. The van der Waals surface area contributed by atoms with Gasteiger partial charge < -0.3 is 14.2 Å². The van der Waals surface area contributed by atoms with Crippen LogP contribution in [0.3, 0.4) is 0 Å². The van der Waals surface area contributed by atoms with Crippen LogP contribution in [0.1, 0.15) is 31.4 Å². The molecule has 0 amide bonds. The zero-order valence-electron chi connectivity index (χ0n) is 15.7. The lowest BCUT2D eigenvalue weighted by molar-refractivity contribution is -0.129. The maximum Gasteiger partial charge on any atom is 0.363 e. The molecule has 2 aromatic rings. The molecule has 1 heterocycles. The van der Waals surface area contributed by atoms with Gasteiger partial charge in [-0.15, -0.1) is 0 Å². The van der Waals surface area contributed by atoms with E-state index in [1.807, 2.05) is 25.1 Å². The lowest BCUT2D eigenvalue weighted by Crippen LogP contribution is -2.11. The third-order valence-corrected chi connectivity index (χ3v) is 5.30. The zero-order chi connectivity index (χ0) is 20.3. The number of carbonyl (C=O) groups is 1. The molecule has 0 aromatic heterocycles. The number of carbonyl (C=O) groups excluding carboxylic acids is 1. The Hall–Kier alpha value is -2.06. The van der Waals surface area contributed by atoms with Gasteiger partial charge in [0, 0.05) is 0 Å². The molecule has 0 aliphatic carbocycles. The fourth-order valence-electron chi connectivity index (χ4n) is 2.54. The van der Waals surface area contributed by atoms with Gasteiger partial charge in [-0.2, -0.15) is 0 Å². The number of cyclic esters (lactones) is 1. The molecule has 2 aromatic carbocycles. The molecule has 0 spiro atoms. The monoisotopic (exact) mass is 511 g/mol. The minimum absolute atomic E-state index is 0.0687. The maximum absolute atomic E-state index is 12.3. The molecule has 1 atom stereocenters. The summed E-state index contributed by atoms with van der Waals surface area (Å²) >= 11 is 8.36. The molecule has 0 radical (unpaired) electrons. The third-order valence-electron chi connectivity index (χ3n) is 4.17. The van der Waals surface area contributed by atoms with Gasteiger partial charge in [0.15, 0.2) is 17.2 Å². The molecule has 0 saturated carbocycles. The van der Waals surface area contributed by atoms with Crippen LogP contribution in [-0.2, 0) is 9.53 Å². The molecule has 1 unspecified atom stereocenters. The van der Waals surface area contributed by atoms with Crippen LogP contribution in [-0.4, -0.2) is 25.1 Å². The predicted molar refractivity (Wildman–Crippen MR) is 118 cm³/mol. The minimum Gasteiger partial charge on any atom is -0.493 e. The Labute approximate surface area is 182 Å². The standard InChI is InChI=1S/C21H19ClINO4/c1-4-12(2)27-19-16(23)9-13(11-18(19)26-3)10-17-21(25)28-20(24-17)14-7-5-6-8-15(14)22/h5-12H,4H2,1-3H3/b17-10-. The quantitative estimate of drug-likeness (QED) is 0.293. The molecule has 0 bridgehead atoms. The van der Waals surface area contributed by atoms with Crippen LogP contribution < -0.4 is 9.47 Å². The van der Waals surface area contributed by atoms with Crippen molar-refractivity contribution in [1.29, 1.82) is 0 Å². The number of esters is 1. The number of nitrogens with zero attached hydrogens (tertiary/aromatic N) is 1. The number of rotatable bonds is 6. The van der Waals surface area contributed by atoms with Crippen molar-refractivity contribution in [2.24, 2.45) is 4.99 Å². The summed E-state index contributed by atoms with van der Waals surface area (Å²) in [6.45, 7) is 4.06. The van der Waals surface area contributed by atoms with E-state index < -0.39 is 5.97 Å². The lowest BCUT2D eigenvalue weighted by Gasteiger charge is -2.17. The van der Waals surface area contributed by atoms with Gasteiger partial charge in [-0.25, -0.2) is 9.79 Å². The number of benzene rings is 2. The highest BCUT2D eigenvalue weighted by Crippen LogP contribution is 2.36. The Bertz CT molecular complexity index is 971. The summed E-state index contributed by atoms with van der Waals surface area (Å²) < 4.78 is 17.6. The first-order valence-corrected chi connectivity index (χ1v) is 10.2. The lowest BCUT2D eigenvalue weighted by atomic mass is 10.1. The van der Waals surface area contributed by atoms with Crippen LogP contribution in [0.4, 0.5) is 0 Å². The molecule has 7 heteroatoms. The second-order valence-corrected chi connectivity index (χ2v) is 7.76. The van der Waals surface area contributed by atoms with Crippen molar-refractivity contribution in [3.05, 3.63) is 61.8 Å². The van der Waals surface area contributed by atoms with E-state index >= 15 is 0 Å². The summed E-state index contributed by atoms with van der Waals surface area (Å²) in [5.41, 5.74) is 1.53. The van der Waals surface area contributed by atoms with Crippen molar-refractivity contribution >= 4 is 52.1 Å². The molecular weight excluding hydrogens is 493 g/mol. The minimum atomic E-state index is -0.524. The highest BCUT2D eigenvalue weighted by Gasteiger charge is 2.25. The predicted octanol–water partition coefficient (Wildman–Crippen LogP) is 5.48. The Morgan fingerprint density at radius 3 is 2.75 bits per heavy atom. The van der Waals surface area contributed by atoms with E-state index in [2.05, 4.69) is 34.5 Å². The second-order valence-electron chi connectivity index (χ2n) is 6.19. The molecule has 28 heavy (non-hydrogen) atoms. The van der Waals surface area contributed by atoms with Crippen molar-refractivity contribution in [2.45, 2.75) is 26.4 Å². The normalized spacial score (nSPS) is 16.0. The van der Waals surface area contributed by atoms with Gasteiger partial charge in [0.1, 0.15) is 0 Å². The van der Waals surface area contributed by atoms with Gasteiger partial charge >= 0.3 is 5.97 Å². The molecule has 146 valence electrons. The third kappa shape index (κ3) is 4.50. The summed E-state index contributed by atoms with van der Waals surface area (Å²) in [7, 11) is 1.59. The van der Waals surface area contributed by atoms with Crippen LogP contribution in [0.15, 0.2) is 47.1 Å². The molecule has 1 aliphatic rings. The summed E-state index contributed by atoms with van der Waals surface area (Å²) in [4.78, 5) is 16.6. The van der Waals surface area contributed by atoms with E-state index in [4.69, 9.17) is 25.8 Å². The summed E-state index contributed by atoms with van der Waals surface area (Å²) in [5.74, 6) is 0.957. The molecule has 0 fully saturated rings. The zero-order valence-corrected chi connectivity index (χ0v) is 18.6. The van der Waals surface area contributed by atoms with Crippen LogP contribution >= 0.6 is 34.2 Å². The number of ether oxygens (including phenoxy) is 3. The first-order chi connectivity index (χ1) is 13.4. The number of aliphatic imine (C=N–C) groups is 1. The van der Waals surface area contributed by atoms with Crippen molar-refractivity contribution in [3.8, 4) is 11.5 Å². The fourth-order valence-corrected chi connectivity index (χ4v) is 3.51. The average Bonchev–Trinajstić information content (AvgIpc) is 3.03. The molecule has 5 nitrogen and oxygen atoms in total. The van der Waals surface area contributed by atoms with Crippen LogP contribution in [0, 0.1) is 3.57 Å². The second kappa shape index (κ2) is 8.96. The number of methoxy groups -OCH3 is 1. The molecule has 0 N–H and O–H groups in total. The molecule has 0 saturated heterocycles. The van der Waals surface area contributed by atoms with Gasteiger partial charge in [-0.05, 0) is 71.8 Å². The van der Waals surface area contributed by atoms with Crippen LogP contribution in [0.2, 0.25) is 5.02 Å². The van der Waals surface area contributed by atoms with Crippen molar-refractivity contribution in [3.63, 3.8) is 0 Å². The Morgan fingerprint density at radius 1 is 1.32 bits per heavy atom. The summed E-state index contributed by atoms with van der Waals surface area (Å²) in [6.07, 6.45) is 2.61. The Morgan fingerprint density at radius 2 is 2.07 bits per heavy atom.